The minimum atomic E-state index is -0.174. The number of amides is 2. The summed E-state index contributed by atoms with van der Waals surface area (Å²) in [6, 6.07) is 14.8. The maximum Gasteiger partial charge on any atom is 0.276 e. The van der Waals surface area contributed by atoms with Gasteiger partial charge in [-0.1, -0.05) is 24.3 Å². The number of aliphatic imine (C=N–C) groups is 2. The summed E-state index contributed by atoms with van der Waals surface area (Å²) in [7, 11) is 6.54. The Morgan fingerprint density at radius 2 is 1.06 bits per heavy atom. The SMILES string of the molecule is COc1ccc(/C=C2\NC(=NCCN=C3N/C(=C\c4ccc(OC)cc4)C(=O)N3C)N(C)C2=O)cc1. The summed E-state index contributed by atoms with van der Waals surface area (Å²) >= 11 is 0. The van der Waals surface area contributed by atoms with Gasteiger partial charge in [0.05, 0.1) is 27.3 Å². The van der Waals surface area contributed by atoms with Crippen LogP contribution in [0.2, 0.25) is 0 Å². The molecule has 36 heavy (non-hydrogen) atoms. The maximum atomic E-state index is 12.6. The molecule has 0 bridgehead atoms. The van der Waals surface area contributed by atoms with Gasteiger partial charge in [-0.05, 0) is 47.5 Å². The van der Waals surface area contributed by atoms with Crippen LogP contribution in [0.5, 0.6) is 11.5 Å². The summed E-state index contributed by atoms with van der Waals surface area (Å²) in [6.45, 7) is 0.668. The van der Waals surface area contributed by atoms with Crippen LogP contribution in [0.4, 0.5) is 0 Å². The van der Waals surface area contributed by atoms with E-state index >= 15 is 0 Å². The van der Waals surface area contributed by atoms with Crippen LogP contribution in [0, 0.1) is 0 Å². The highest BCUT2D eigenvalue weighted by Gasteiger charge is 2.29. The summed E-state index contributed by atoms with van der Waals surface area (Å²) in [5.74, 6) is 2.04. The number of likely N-dealkylation sites (N-methyl/N-ethyl adjacent to an activating group) is 2. The molecule has 10 nitrogen and oxygen atoms in total. The topological polar surface area (TPSA) is 108 Å². The van der Waals surface area contributed by atoms with Gasteiger partial charge in [0.25, 0.3) is 11.8 Å². The molecule has 186 valence electrons. The van der Waals surface area contributed by atoms with E-state index in [1.165, 1.54) is 9.80 Å². The smallest absolute Gasteiger partial charge is 0.276 e. The van der Waals surface area contributed by atoms with Gasteiger partial charge < -0.3 is 20.1 Å². The molecule has 0 unspecified atom stereocenters. The van der Waals surface area contributed by atoms with E-state index in [2.05, 4.69) is 20.6 Å². The van der Waals surface area contributed by atoms with Crippen molar-refractivity contribution in [1.29, 1.82) is 0 Å². The molecule has 2 heterocycles. The first kappa shape index (κ1) is 24.5. The Balaban J connectivity index is 1.37. The molecule has 2 aromatic rings. The molecule has 2 aliphatic rings. The molecule has 2 fully saturated rings. The predicted octanol–water partition coefficient (Wildman–Crippen LogP) is 1.92. The normalized spacial score (nSPS) is 20.0. The summed E-state index contributed by atoms with van der Waals surface area (Å²) in [5, 5.41) is 6.13. The Bertz CT molecular complexity index is 1160. The van der Waals surface area contributed by atoms with Crippen LogP contribution in [-0.4, -0.2) is 74.9 Å². The molecule has 0 spiro atoms. The number of carbonyl (C=O) groups is 2. The Morgan fingerprint density at radius 3 is 1.39 bits per heavy atom. The van der Waals surface area contributed by atoms with Crippen LogP contribution in [-0.2, 0) is 9.59 Å². The van der Waals surface area contributed by atoms with Crippen molar-refractivity contribution in [3.8, 4) is 11.5 Å². The molecule has 2 saturated heterocycles. The number of benzene rings is 2. The first-order chi connectivity index (χ1) is 17.4. The lowest BCUT2D eigenvalue weighted by molar-refractivity contribution is -0.122. The molecule has 0 atom stereocenters. The largest absolute Gasteiger partial charge is 0.497 e. The Kier molecular flexibility index (Phi) is 7.33. The summed E-state index contributed by atoms with van der Waals surface area (Å²) in [4.78, 5) is 37.0. The van der Waals surface area contributed by atoms with Gasteiger partial charge in [-0.2, -0.15) is 0 Å². The van der Waals surface area contributed by atoms with Crippen molar-refractivity contribution in [1.82, 2.24) is 20.4 Å². The third-order valence-corrected chi connectivity index (χ3v) is 5.68. The van der Waals surface area contributed by atoms with Crippen LogP contribution < -0.4 is 20.1 Å². The highest BCUT2D eigenvalue weighted by atomic mass is 16.5. The molecule has 0 saturated carbocycles. The molecular formula is C26H28N6O4. The van der Waals surface area contributed by atoms with Crippen molar-refractivity contribution in [3.63, 3.8) is 0 Å². The van der Waals surface area contributed by atoms with E-state index in [1.807, 2.05) is 48.5 Å². The monoisotopic (exact) mass is 488 g/mol. The van der Waals surface area contributed by atoms with Crippen molar-refractivity contribution in [2.24, 2.45) is 9.98 Å². The summed E-state index contributed by atoms with van der Waals surface area (Å²) in [6.07, 6.45) is 3.53. The van der Waals surface area contributed by atoms with Crippen molar-refractivity contribution < 1.29 is 19.1 Å². The summed E-state index contributed by atoms with van der Waals surface area (Å²) in [5.41, 5.74) is 2.60. The Labute approximate surface area is 209 Å². The quantitative estimate of drug-likeness (QED) is 0.456. The number of methoxy groups -OCH3 is 2. The van der Waals surface area contributed by atoms with Crippen LogP contribution in [0.15, 0.2) is 69.9 Å². The first-order valence-corrected chi connectivity index (χ1v) is 11.3. The fraction of sp³-hybridized carbons (Fsp3) is 0.231. The van der Waals surface area contributed by atoms with E-state index < -0.39 is 0 Å². The van der Waals surface area contributed by atoms with Crippen LogP contribution >= 0.6 is 0 Å². The zero-order valence-corrected chi connectivity index (χ0v) is 20.6. The van der Waals surface area contributed by atoms with Crippen LogP contribution in [0.3, 0.4) is 0 Å². The van der Waals surface area contributed by atoms with Gasteiger partial charge in [-0.15, -0.1) is 0 Å². The van der Waals surface area contributed by atoms with E-state index in [-0.39, 0.29) is 11.8 Å². The average molecular weight is 489 g/mol. The fourth-order valence-electron chi connectivity index (χ4n) is 3.60. The molecule has 2 aromatic carbocycles. The number of rotatable bonds is 7. The van der Waals surface area contributed by atoms with Gasteiger partial charge in [0.15, 0.2) is 0 Å². The fourth-order valence-corrected chi connectivity index (χ4v) is 3.60. The minimum Gasteiger partial charge on any atom is -0.497 e. The predicted molar refractivity (Wildman–Crippen MR) is 138 cm³/mol. The minimum absolute atomic E-state index is 0.174. The van der Waals surface area contributed by atoms with Gasteiger partial charge in [0.1, 0.15) is 22.9 Å². The van der Waals surface area contributed by atoms with Gasteiger partial charge in [-0.3, -0.25) is 29.4 Å². The number of guanidine groups is 2. The van der Waals surface area contributed by atoms with Gasteiger partial charge in [-0.25, -0.2) is 0 Å². The van der Waals surface area contributed by atoms with Gasteiger partial charge in [0.2, 0.25) is 11.9 Å². The molecular weight excluding hydrogens is 460 g/mol. The van der Waals surface area contributed by atoms with Crippen molar-refractivity contribution in [3.05, 3.63) is 71.1 Å². The third-order valence-electron chi connectivity index (χ3n) is 5.68. The molecule has 10 heteroatoms. The van der Waals surface area contributed by atoms with E-state index in [0.29, 0.717) is 36.4 Å². The standard InChI is InChI=1S/C26H28N6O4/c1-31-23(33)21(15-17-5-9-19(35-3)10-6-17)29-25(31)27-13-14-28-26-30-22(24(34)32(26)2)16-18-7-11-20(36-4)12-8-18/h5-12,15-16H,13-14H2,1-4H3,(H,27,29)(H,28,30)/b21-15-,22-16-. The van der Waals surface area contributed by atoms with Crippen LogP contribution in [0.1, 0.15) is 11.1 Å². The number of hydrogen-bond donors (Lipinski definition) is 2. The molecule has 0 radical (unpaired) electrons. The van der Waals surface area contributed by atoms with Crippen molar-refractivity contribution >= 4 is 35.9 Å². The average Bonchev–Trinajstić information content (AvgIpc) is 3.32. The number of carbonyl (C=O) groups excluding carboxylic acids is 2. The maximum absolute atomic E-state index is 12.6. The number of ether oxygens (including phenoxy) is 2. The van der Waals surface area contributed by atoms with Crippen molar-refractivity contribution in [2.45, 2.75) is 0 Å². The highest BCUT2D eigenvalue weighted by molar-refractivity contribution is 6.16. The van der Waals surface area contributed by atoms with E-state index in [0.717, 1.165) is 22.6 Å². The molecule has 0 aliphatic carbocycles. The number of nitrogens with one attached hydrogen (secondary N) is 2. The molecule has 2 N–H and O–H groups in total. The Morgan fingerprint density at radius 1 is 0.694 bits per heavy atom. The third kappa shape index (κ3) is 5.38. The van der Waals surface area contributed by atoms with E-state index in [9.17, 15) is 9.59 Å². The number of hydrogen-bond acceptors (Lipinski definition) is 6. The molecule has 2 amide bonds. The number of nitrogens with zero attached hydrogens (tertiary/aromatic N) is 4. The Hall–Kier alpha value is -4.60. The lowest BCUT2D eigenvalue weighted by atomic mass is 10.2. The first-order valence-electron chi connectivity index (χ1n) is 11.3. The van der Waals surface area contributed by atoms with E-state index in [4.69, 9.17) is 9.47 Å². The second-order valence-corrected chi connectivity index (χ2v) is 8.05. The lowest BCUT2D eigenvalue weighted by Crippen LogP contribution is -2.29. The zero-order valence-electron chi connectivity index (χ0n) is 20.6. The molecule has 0 aromatic heterocycles. The molecule has 4 rings (SSSR count). The van der Waals surface area contributed by atoms with Gasteiger partial charge in [0, 0.05) is 14.1 Å². The molecule has 2 aliphatic heterocycles. The zero-order chi connectivity index (χ0) is 25.7. The second-order valence-electron chi connectivity index (χ2n) is 8.05. The highest BCUT2D eigenvalue weighted by Crippen LogP contribution is 2.18. The van der Waals surface area contributed by atoms with E-state index in [1.54, 1.807) is 40.5 Å². The summed E-state index contributed by atoms with van der Waals surface area (Å²) < 4.78 is 10.3. The van der Waals surface area contributed by atoms with Crippen molar-refractivity contribution in [2.75, 3.05) is 41.4 Å². The van der Waals surface area contributed by atoms with Gasteiger partial charge >= 0.3 is 0 Å². The second kappa shape index (κ2) is 10.8. The lowest BCUT2D eigenvalue weighted by Gasteiger charge is -2.08. The van der Waals surface area contributed by atoms with Crippen LogP contribution in [0.25, 0.3) is 12.2 Å².